The lowest BCUT2D eigenvalue weighted by atomic mass is 10.1. The van der Waals surface area contributed by atoms with Gasteiger partial charge in [0.1, 0.15) is 4.90 Å². The molecule has 8 nitrogen and oxygen atoms in total. The topological polar surface area (TPSA) is 119 Å². The number of benzene rings is 2. The van der Waals surface area contributed by atoms with E-state index >= 15 is 0 Å². The van der Waals surface area contributed by atoms with Crippen LogP contribution in [-0.4, -0.2) is 40.0 Å². The Morgan fingerprint density at radius 3 is 2.29 bits per heavy atom. The van der Waals surface area contributed by atoms with Gasteiger partial charge in [0, 0.05) is 24.5 Å². The van der Waals surface area contributed by atoms with E-state index < -0.39 is 33.4 Å². The first-order valence-electron chi connectivity index (χ1n) is 9.49. The van der Waals surface area contributed by atoms with E-state index in [1.165, 1.54) is 19.3 Å². The average Bonchev–Trinajstić information content (AvgIpc) is 2.72. The molecule has 1 heterocycles. The van der Waals surface area contributed by atoms with Gasteiger partial charge in [-0.15, -0.1) is 0 Å². The number of hydrogen-bond donors (Lipinski definition) is 2. The number of nitrogens with one attached hydrogen (secondary N) is 1. The Bertz CT molecular complexity index is 1080. The maximum atomic E-state index is 12.3. The van der Waals surface area contributed by atoms with E-state index in [1.54, 1.807) is 12.1 Å². The molecule has 1 saturated heterocycles. The second kappa shape index (κ2) is 9.86. The number of rotatable bonds is 6. The summed E-state index contributed by atoms with van der Waals surface area (Å²) in [5.74, 6) is -1.54. The normalized spacial score (nSPS) is 14.2. The standard InChI is InChI=1S/C20H21Cl2N3O5S/c21-16-11-17(22)18(31(23,28)29)10-15(16)20(27)30-12-19(26)24-13-4-6-14(7-5-13)25-8-2-1-3-9-25/h4-7,10-11H,1-3,8-9,12H2,(H,24,26)(H2,23,28,29). The number of carbonyl (C=O) groups excluding carboxylic acids is 2. The molecule has 1 fully saturated rings. The third-order valence-corrected chi connectivity index (χ3v) is 6.44. The van der Waals surface area contributed by atoms with Gasteiger partial charge in [-0.2, -0.15) is 0 Å². The molecule has 0 aliphatic carbocycles. The number of halogens is 2. The van der Waals surface area contributed by atoms with E-state index in [0.717, 1.165) is 30.9 Å². The summed E-state index contributed by atoms with van der Waals surface area (Å²) in [6.45, 7) is 1.44. The average molecular weight is 486 g/mol. The zero-order valence-corrected chi connectivity index (χ0v) is 18.8. The highest BCUT2D eigenvalue weighted by Crippen LogP contribution is 2.28. The first kappa shape index (κ1) is 23.3. The summed E-state index contributed by atoms with van der Waals surface area (Å²) in [5.41, 5.74) is 1.38. The minimum atomic E-state index is -4.17. The molecule has 0 aromatic heterocycles. The maximum Gasteiger partial charge on any atom is 0.340 e. The number of carbonyl (C=O) groups is 2. The number of anilines is 2. The van der Waals surface area contributed by atoms with E-state index in [-0.39, 0.29) is 15.6 Å². The van der Waals surface area contributed by atoms with Crippen LogP contribution in [0.4, 0.5) is 11.4 Å². The zero-order chi connectivity index (χ0) is 22.6. The lowest BCUT2D eigenvalue weighted by molar-refractivity contribution is -0.119. The third kappa shape index (κ3) is 6.10. The number of piperidine rings is 1. The van der Waals surface area contributed by atoms with Crippen molar-refractivity contribution in [2.45, 2.75) is 24.2 Å². The predicted molar refractivity (Wildman–Crippen MR) is 119 cm³/mol. The van der Waals surface area contributed by atoms with Crippen LogP contribution in [-0.2, 0) is 19.6 Å². The van der Waals surface area contributed by atoms with Crippen molar-refractivity contribution in [1.82, 2.24) is 0 Å². The van der Waals surface area contributed by atoms with Gasteiger partial charge in [-0.3, -0.25) is 4.79 Å². The summed E-state index contributed by atoms with van der Waals surface area (Å²) >= 11 is 11.8. The summed E-state index contributed by atoms with van der Waals surface area (Å²) < 4.78 is 28.1. The molecule has 0 saturated carbocycles. The molecule has 0 radical (unpaired) electrons. The Morgan fingerprint density at radius 2 is 1.68 bits per heavy atom. The molecular weight excluding hydrogens is 465 g/mol. The van der Waals surface area contributed by atoms with Crippen LogP contribution in [0.2, 0.25) is 10.0 Å². The smallest absolute Gasteiger partial charge is 0.340 e. The van der Waals surface area contributed by atoms with Crippen molar-refractivity contribution in [3.63, 3.8) is 0 Å². The SMILES string of the molecule is NS(=O)(=O)c1cc(C(=O)OCC(=O)Nc2ccc(N3CCCCC3)cc2)c(Cl)cc1Cl. The summed E-state index contributed by atoms with van der Waals surface area (Å²) in [6, 6.07) is 9.39. The van der Waals surface area contributed by atoms with Gasteiger partial charge in [-0.1, -0.05) is 23.2 Å². The van der Waals surface area contributed by atoms with E-state index in [2.05, 4.69) is 10.2 Å². The number of amides is 1. The van der Waals surface area contributed by atoms with Crippen LogP contribution in [0.1, 0.15) is 29.6 Å². The molecule has 166 valence electrons. The lowest BCUT2D eigenvalue weighted by Gasteiger charge is -2.28. The molecule has 2 aromatic rings. The first-order chi connectivity index (χ1) is 14.6. The van der Waals surface area contributed by atoms with Gasteiger partial charge < -0.3 is 15.0 Å². The maximum absolute atomic E-state index is 12.3. The Labute approximate surface area is 190 Å². The van der Waals surface area contributed by atoms with Crippen LogP contribution < -0.4 is 15.4 Å². The number of hydrogen-bond acceptors (Lipinski definition) is 6. The first-order valence-corrected chi connectivity index (χ1v) is 11.8. The number of primary sulfonamides is 1. The van der Waals surface area contributed by atoms with Crippen molar-refractivity contribution < 1.29 is 22.7 Å². The predicted octanol–water partition coefficient (Wildman–Crippen LogP) is 3.43. The summed E-state index contributed by atoms with van der Waals surface area (Å²) in [6.07, 6.45) is 3.58. The molecule has 31 heavy (non-hydrogen) atoms. The second-order valence-corrected chi connectivity index (χ2v) is 9.37. The molecule has 1 aliphatic heterocycles. The largest absolute Gasteiger partial charge is 0.452 e. The Morgan fingerprint density at radius 1 is 1.03 bits per heavy atom. The van der Waals surface area contributed by atoms with Crippen molar-refractivity contribution in [2.75, 3.05) is 29.9 Å². The lowest BCUT2D eigenvalue weighted by Crippen LogP contribution is -2.29. The quantitative estimate of drug-likeness (QED) is 0.604. The van der Waals surface area contributed by atoms with Gasteiger partial charge in [0.15, 0.2) is 6.61 Å². The molecule has 3 rings (SSSR count). The fourth-order valence-corrected chi connectivity index (χ4v) is 4.61. The fourth-order valence-electron chi connectivity index (χ4n) is 3.22. The highest BCUT2D eigenvalue weighted by Gasteiger charge is 2.21. The molecule has 3 N–H and O–H groups in total. The molecule has 1 amide bonds. The molecule has 0 spiro atoms. The van der Waals surface area contributed by atoms with Gasteiger partial charge in [-0.25, -0.2) is 18.4 Å². The monoisotopic (exact) mass is 485 g/mol. The number of ether oxygens (including phenoxy) is 1. The highest BCUT2D eigenvalue weighted by atomic mass is 35.5. The minimum absolute atomic E-state index is 0.129. The van der Waals surface area contributed by atoms with Gasteiger partial charge in [0.05, 0.1) is 15.6 Å². The van der Waals surface area contributed by atoms with E-state index in [1.807, 2.05) is 12.1 Å². The van der Waals surface area contributed by atoms with Crippen molar-refractivity contribution in [2.24, 2.45) is 5.14 Å². The van der Waals surface area contributed by atoms with Gasteiger partial charge >= 0.3 is 5.97 Å². The van der Waals surface area contributed by atoms with Crippen LogP contribution >= 0.6 is 23.2 Å². The highest BCUT2D eigenvalue weighted by molar-refractivity contribution is 7.89. The number of nitrogens with two attached hydrogens (primary N) is 1. The van der Waals surface area contributed by atoms with E-state index in [9.17, 15) is 18.0 Å². The number of sulfonamides is 1. The van der Waals surface area contributed by atoms with Gasteiger partial charge in [-0.05, 0) is 55.7 Å². The Hall–Kier alpha value is -2.33. The summed E-state index contributed by atoms with van der Waals surface area (Å²) in [7, 11) is -4.17. The Balaban J connectivity index is 1.59. The van der Waals surface area contributed by atoms with Crippen molar-refractivity contribution in [3.05, 3.63) is 52.0 Å². The molecule has 0 bridgehead atoms. The van der Waals surface area contributed by atoms with E-state index in [4.69, 9.17) is 33.1 Å². The van der Waals surface area contributed by atoms with E-state index in [0.29, 0.717) is 5.69 Å². The van der Waals surface area contributed by atoms with Crippen LogP contribution in [0.15, 0.2) is 41.3 Å². The van der Waals surface area contributed by atoms with Crippen molar-refractivity contribution in [3.8, 4) is 0 Å². The zero-order valence-electron chi connectivity index (χ0n) is 16.4. The third-order valence-electron chi connectivity index (χ3n) is 4.75. The van der Waals surface area contributed by atoms with Crippen molar-refractivity contribution >= 4 is 56.5 Å². The molecule has 11 heteroatoms. The molecular formula is C20H21Cl2N3O5S. The van der Waals surface area contributed by atoms with Crippen molar-refractivity contribution in [1.29, 1.82) is 0 Å². The molecule has 0 unspecified atom stereocenters. The Kier molecular flexibility index (Phi) is 7.42. The van der Waals surface area contributed by atoms with Crippen LogP contribution in [0.3, 0.4) is 0 Å². The molecule has 2 aromatic carbocycles. The summed E-state index contributed by atoms with van der Waals surface area (Å²) in [5, 5.41) is 7.35. The van der Waals surface area contributed by atoms with Gasteiger partial charge in [0.25, 0.3) is 5.91 Å². The second-order valence-electron chi connectivity index (χ2n) is 7.03. The minimum Gasteiger partial charge on any atom is -0.452 e. The number of esters is 1. The fraction of sp³-hybridized carbons (Fsp3) is 0.300. The van der Waals surface area contributed by atoms with Gasteiger partial charge in [0.2, 0.25) is 10.0 Å². The molecule has 1 aliphatic rings. The van der Waals surface area contributed by atoms with Crippen LogP contribution in [0.5, 0.6) is 0 Å². The summed E-state index contributed by atoms with van der Waals surface area (Å²) in [4.78, 5) is 26.2. The van der Waals surface area contributed by atoms with Crippen LogP contribution in [0, 0.1) is 0 Å². The molecule has 0 atom stereocenters. The number of nitrogens with zero attached hydrogens (tertiary/aromatic N) is 1. The van der Waals surface area contributed by atoms with Crippen LogP contribution in [0.25, 0.3) is 0 Å².